The maximum Gasteiger partial charge on any atom is 0.416 e. The minimum atomic E-state index is -4.58. The van der Waals surface area contributed by atoms with Gasteiger partial charge in [0.05, 0.1) is 16.8 Å². The number of hydrogen-bond donors (Lipinski definition) is 2. The molecule has 0 atom stereocenters. The van der Waals surface area contributed by atoms with Crippen LogP contribution in [0.2, 0.25) is 10.0 Å². The molecule has 0 aliphatic carbocycles. The number of anilines is 1. The topological polar surface area (TPSA) is 49.3 Å². The van der Waals surface area contributed by atoms with Gasteiger partial charge in [-0.2, -0.15) is 13.2 Å². The molecule has 156 valence electrons. The monoisotopic (exact) mass is 489 g/mol. The average molecular weight is 490 g/mol. The van der Waals surface area contributed by atoms with Crippen molar-refractivity contribution in [2.24, 2.45) is 0 Å². The SMILES string of the molecule is O=C(Nc1cc(C(F)(F)F)ccc1SSc1ccc(Cl)cc1)c1cc(Cl)ccc1O. The van der Waals surface area contributed by atoms with Gasteiger partial charge in [0.1, 0.15) is 5.75 Å². The van der Waals surface area contributed by atoms with Crippen LogP contribution in [0.4, 0.5) is 18.9 Å². The highest BCUT2D eigenvalue weighted by atomic mass is 35.5. The summed E-state index contributed by atoms with van der Waals surface area (Å²) >= 11 is 11.7. The van der Waals surface area contributed by atoms with Crippen LogP contribution in [0.15, 0.2) is 70.5 Å². The summed E-state index contributed by atoms with van der Waals surface area (Å²) in [5, 5.41) is 13.1. The Morgan fingerprint density at radius 1 is 0.900 bits per heavy atom. The Labute approximate surface area is 188 Å². The minimum absolute atomic E-state index is 0.0411. The largest absolute Gasteiger partial charge is 0.507 e. The first kappa shape index (κ1) is 22.7. The predicted molar refractivity (Wildman–Crippen MR) is 116 cm³/mol. The van der Waals surface area contributed by atoms with Crippen molar-refractivity contribution in [3.8, 4) is 5.75 Å². The molecular formula is C20H12Cl2F3NO2S2. The van der Waals surface area contributed by atoms with Crippen LogP contribution >= 0.6 is 44.8 Å². The van der Waals surface area contributed by atoms with Gasteiger partial charge in [-0.3, -0.25) is 4.79 Å². The molecule has 0 aromatic heterocycles. The van der Waals surface area contributed by atoms with Crippen LogP contribution in [-0.2, 0) is 6.18 Å². The zero-order valence-corrected chi connectivity index (χ0v) is 18.0. The van der Waals surface area contributed by atoms with E-state index >= 15 is 0 Å². The molecule has 30 heavy (non-hydrogen) atoms. The van der Waals surface area contributed by atoms with Gasteiger partial charge >= 0.3 is 6.18 Å². The molecule has 0 spiro atoms. The Kier molecular flexibility index (Phi) is 7.13. The summed E-state index contributed by atoms with van der Waals surface area (Å²) in [7, 11) is 2.47. The number of nitrogens with one attached hydrogen (secondary N) is 1. The van der Waals surface area contributed by atoms with Crippen molar-refractivity contribution in [1.29, 1.82) is 0 Å². The molecule has 1 amide bonds. The number of halogens is 5. The molecule has 3 aromatic rings. The number of phenolic OH excluding ortho intramolecular Hbond substituents is 1. The van der Waals surface area contributed by atoms with Crippen molar-refractivity contribution in [2.45, 2.75) is 16.0 Å². The Bertz CT molecular complexity index is 1080. The van der Waals surface area contributed by atoms with Gasteiger partial charge in [-0.15, -0.1) is 0 Å². The Morgan fingerprint density at radius 2 is 1.57 bits per heavy atom. The van der Waals surface area contributed by atoms with Crippen LogP contribution in [0.5, 0.6) is 5.75 Å². The first-order chi connectivity index (χ1) is 14.1. The molecule has 0 fully saturated rings. The van der Waals surface area contributed by atoms with Gasteiger partial charge in [-0.05, 0) is 60.7 Å². The summed E-state index contributed by atoms with van der Waals surface area (Å²) in [5.74, 6) is -1.12. The number of rotatable bonds is 5. The Balaban J connectivity index is 1.90. The predicted octanol–water partition coefficient (Wildman–Crippen LogP) is 7.77. The molecule has 0 unspecified atom stereocenters. The van der Waals surface area contributed by atoms with E-state index in [4.69, 9.17) is 23.2 Å². The van der Waals surface area contributed by atoms with Crippen molar-refractivity contribution in [3.63, 3.8) is 0 Å². The molecule has 0 aliphatic heterocycles. The third-order valence-electron chi connectivity index (χ3n) is 3.80. The van der Waals surface area contributed by atoms with Crippen LogP contribution in [0, 0.1) is 0 Å². The van der Waals surface area contributed by atoms with Gasteiger partial charge in [0.15, 0.2) is 0 Å². The second-order valence-electron chi connectivity index (χ2n) is 5.94. The lowest BCUT2D eigenvalue weighted by Crippen LogP contribution is -2.14. The van der Waals surface area contributed by atoms with E-state index in [1.165, 1.54) is 45.9 Å². The number of benzene rings is 3. The van der Waals surface area contributed by atoms with Crippen LogP contribution in [0.3, 0.4) is 0 Å². The summed E-state index contributed by atoms with van der Waals surface area (Å²) in [6.07, 6.45) is -4.58. The standard InChI is InChI=1S/C20H12Cl2F3NO2S2/c21-12-2-5-14(6-3-12)29-30-18-8-1-11(20(23,24)25)9-16(18)26-19(28)15-10-13(22)4-7-17(15)27/h1-10,27H,(H,26,28). The van der Waals surface area contributed by atoms with Crippen LogP contribution in [0.1, 0.15) is 15.9 Å². The fraction of sp³-hybridized carbons (Fsp3) is 0.0500. The number of alkyl halides is 3. The molecule has 0 saturated heterocycles. The van der Waals surface area contributed by atoms with Crippen LogP contribution < -0.4 is 5.32 Å². The van der Waals surface area contributed by atoms with E-state index in [1.807, 2.05) is 0 Å². The number of aromatic hydroxyl groups is 1. The van der Waals surface area contributed by atoms with Gasteiger partial charge in [-0.1, -0.05) is 44.8 Å². The lowest BCUT2D eigenvalue weighted by Gasteiger charge is -2.14. The molecule has 2 N–H and O–H groups in total. The third-order valence-corrected chi connectivity index (χ3v) is 6.74. The highest BCUT2D eigenvalue weighted by Gasteiger charge is 2.31. The molecule has 3 rings (SSSR count). The molecule has 0 aliphatic rings. The minimum Gasteiger partial charge on any atom is -0.507 e. The molecular weight excluding hydrogens is 478 g/mol. The molecule has 0 saturated carbocycles. The van der Waals surface area contributed by atoms with Crippen LogP contribution in [-0.4, -0.2) is 11.0 Å². The smallest absolute Gasteiger partial charge is 0.416 e. The van der Waals surface area contributed by atoms with E-state index in [0.717, 1.165) is 17.0 Å². The normalized spacial score (nSPS) is 11.4. The van der Waals surface area contributed by atoms with E-state index in [0.29, 0.717) is 9.92 Å². The van der Waals surface area contributed by atoms with Gasteiger partial charge in [0, 0.05) is 19.8 Å². The fourth-order valence-corrected chi connectivity index (χ4v) is 4.72. The molecule has 10 heteroatoms. The zero-order chi connectivity index (χ0) is 21.9. The van der Waals surface area contributed by atoms with Crippen molar-refractivity contribution in [3.05, 3.63) is 81.8 Å². The molecule has 0 heterocycles. The van der Waals surface area contributed by atoms with Gasteiger partial charge in [-0.25, -0.2) is 0 Å². The fourth-order valence-electron chi connectivity index (χ4n) is 2.34. The van der Waals surface area contributed by atoms with E-state index < -0.39 is 17.6 Å². The van der Waals surface area contributed by atoms with Crippen molar-refractivity contribution >= 4 is 56.4 Å². The first-order valence-corrected chi connectivity index (χ1v) is 11.2. The summed E-state index contributed by atoms with van der Waals surface area (Å²) in [6, 6.07) is 13.9. The van der Waals surface area contributed by atoms with Crippen molar-refractivity contribution in [2.75, 3.05) is 5.32 Å². The van der Waals surface area contributed by atoms with Gasteiger partial charge < -0.3 is 10.4 Å². The van der Waals surface area contributed by atoms with Crippen molar-refractivity contribution < 1.29 is 23.1 Å². The summed E-state index contributed by atoms with van der Waals surface area (Å²) in [4.78, 5) is 13.8. The zero-order valence-electron chi connectivity index (χ0n) is 14.8. The van der Waals surface area contributed by atoms with E-state index in [1.54, 1.807) is 24.3 Å². The van der Waals surface area contributed by atoms with E-state index in [9.17, 15) is 23.1 Å². The highest BCUT2D eigenvalue weighted by Crippen LogP contribution is 2.43. The molecule has 0 radical (unpaired) electrons. The number of amides is 1. The highest BCUT2D eigenvalue weighted by molar-refractivity contribution is 8.76. The molecule has 3 nitrogen and oxygen atoms in total. The first-order valence-electron chi connectivity index (χ1n) is 8.24. The second-order valence-corrected chi connectivity index (χ2v) is 9.06. The summed E-state index contributed by atoms with van der Waals surface area (Å²) in [5.41, 5.74) is -1.10. The average Bonchev–Trinajstić information content (AvgIpc) is 2.69. The molecule has 3 aromatic carbocycles. The maximum atomic E-state index is 13.2. The molecule has 0 bridgehead atoms. The summed E-state index contributed by atoms with van der Waals surface area (Å²) < 4.78 is 39.5. The Hall–Kier alpha value is -2.00. The van der Waals surface area contributed by atoms with Gasteiger partial charge in [0.2, 0.25) is 0 Å². The quantitative estimate of drug-likeness (QED) is 0.359. The lowest BCUT2D eigenvalue weighted by atomic mass is 10.1. The van der Waals surface area contributed by atoms with Crippen LogP contribution in [0.25, 0.3) is 0 Å². The Morgan fingerprint density at radius 3 is 2.23 bits per heavy atom. The number of phenols is 1. The lowest BCUT2D eigenvalue weighted by molar-refractivity contribution is -0.137. The summed E-state index contributed by atoms with van der Waals surface area (Å²) in [6.45, 7) is 0. The second kappa shape index (κ2) is 9.43. The van der Waals surface area contributed by atoms with E-state index in [-0.39, 0.29) is 22.0 Å². The van der Waals surface area contributed by atoms with Gasteiger partial charge in [0.25, 0.3) is 5.91 Å². The van der Waals surface area contributed by atoms with Crippen molar-refractivity contribution in [1.82, 2.24) is 0 Å². The van der Waals surface area contributed by atoms with E-state index in [2.05, 4.69) is 5.32 Å². The maximum absolute atomic E-state index is 13.2. The number of carbonyl (C=O) groups is 1. The third kappa shape index (κ3) is 5.78. The number of hydrogen-bond acceptors (Lipinski definition) is 4. The number of carbonyl (C=O) groups excluding carboxylic acids is 1.